The lowest BCUT2D eigenvalue weighted by atomic mass is 10.0. The quantitative estimate of drug-likeness (QED) is 0.187. The van der Waals surface area contributed by atoms with Gasteiger partial charge in [0.2, 0.25) is 0 Å². The normalized spacial score (nSPS) is 12.0. The Labute approximate surface area is 179 Å². The molecule has 0 saturated carbocycles. The predicted octanol–water partition coefficient (Wildman–Crippen LogP) is 6.78. The molecule has 1 amide bonds. The Morgan fingerprint density at radius 3 is 1.59 bits per heavy atom. The van der Waals surface area contributed by atoms with Crippen molar-refractivity contribution in [1.29, 1.82) is 0 Å². The van der Waals surface area contributed by atoms with E-state index in [4.69, 9.17) is 9.47 Å². The van der Waals surface area contributed by atoms with Crippen LogP contribution in [0.3, 0.4) is 0 Å². The summed E-state index contributed by atoms with van der Waals surface area (Å²) in [5.41, 5.74) is 0. The SMILES string of the molecule is CCCCCCCCCCCCCCOC(=O)[C@@H](NC(=O)OCCCC)C(C)C. The zero-order valence-corrected chi connectivity index (χ0v) is 19.6. The van der Waals surface area contributed by atoms with Crippen LogP contribution in [0.2, 0.25) is 0 Å². The van der Waals surface area contributed by atoms with Crippen LogP contribution in [0.1, 0.15) is 118 Å². The Balaban J connectivity index is 3.69. The summed E-state index contributed by atoms with van der Waals surface area (Å²) >= 11 is 0. The van der Waals surface area contributed by atoms with E-state index < -0.39 is 12.1 Å². The molecular weight excluding hydrogens is 366 g/mol. The molecule has 0 radical (unpaired) electrons. The average Bonchev–Trinajstić information content (AvgIpc) is 2.69. The van der Waals surface area contributed by atoms with Gasteiger partial charge in [0.1, 0.15) is 6.04 Å². The number of esters is 1. The highest BCUT2D eigenvalue weighted by Crippen LogP contribution is 2.12. The summed E-state index contributed by atoms with van der Waals surface area (Å²) in [5, 5.41) is 2.64. The van der Waals surface area contributed by atoms with Crippen molar-refractivity contribution in [3.8, 4) is 0 Å². The van der Waals surface area contributed by atoms with Gasteiger partial charge in [0.15, 0.2) is 0 Å². The Morgan fingerprint density at radius 1 is 0.655 bits per heavy atom. The lowest BCUT2D eigenvalue weighted by molar-refractivity contribution is -0.147. The van der Waals surface area contributed by atoms with Gasteiger partial charge in [-0.15, -0.1) is 0 Å². The van der Waals surface area contributed by atoms with Gasteiger partial charge in [-0.2, -0.15) is 0 Å². The second-order valence-corrected chi connectivity index (χ2v) is 8.41. The van der Waals surface area contributed by atoms with E-state index in [0.717, 1.165) is 25.7 Å². The second-order valence-electron chi connectivity index (χ2n) is 8.41. The number of rotatable bonds is 19. The van der Waals surface area contributed by atoms with Crippen molar-refractivity contribution in [2.24, 2.45) is 5.92 Å². The fourth-order valence-corrected chi connectivity index (χ4v) is 3.18. The monoisotopic (exact) mass is 413 g/mol. The van der Waals surface area contributed by atoms with E-state index in [2.05, 4.69) is 12.2 Å². The Morgan fingerprint density at radius 2 is 1.10 bits per heavy atom. The summed E-state index contributed by atoms with van der Waals surface area (Å²) in [5.74, 6) is -0.404. The number of alkyl carbamates (subject to hydrolysis) is 1. The molecule has 172 valence electrons. The van der Waals surface area contributed by atoms with Crippen molar-refractivity contribution in [2.75, 3.05) is 13.2 Å². The van der Waals surface area contributed by atoms with Gasteiger partial charge in [0.25, 0.3) is 0 Å². The number of ether oxygens (including phenoxy) is 2. The summed E-state index contributed by atoms with van der Waals surface area (Å²) in [6.07, 6.45) is 16.6. The van der Waals surface area contributed by atoms with Crippen LogP contribution in [0.4, 0.5) is 4.79 Å². The van der Waals surface area contributed by atoms with Gasteiger partial charge in [-0.25, -0.2) is 9.59 Å². The molecule has 0 spiro atoms. The van der Waals surface area contributed by atoms with Gasteiger partial charge >= 0.3 is 12.1 Å². The van der Waals surface area contributed by atoms with Crippen LogP contribution >= 0.6 is 0 Å². The van der Waals surface area contributed by atoms with E-state index in [9.17, 15) is 9.59 Å². The van der Waals surface area contributed by atoms with E-state index >= 15 is 0 Å². The molecular formula is C24H47NO4. The first-order chi connectivity index (χ1) is 14.0. The van der Waals surface area contributed by atoms with Gasteiger partial charge in [0, 0.05) is 0 Å². The van der Waals surface area contributed by atoms with Crippen molar-refractivity contribution >= 4 is 12.1 Å². The highest BCUT2D eigenvalue weighted by Gasteiger charge is 2.26. The third-order valence-corrected chi connectivity index (χ3v) is 5.17. The lowest BCUT2D eigenvalue weighted by Gasteiger charge is -2.20. The number of unbranched alkanes of at least 4 members (excludes halogenated alkanes) is 12. The van der Waals surface area contributed by atoms with Crippen molar-refractivity contribution in [2.45, 2.75) is 124 Å². The maximum atomic E-state index is 12.3. The van der Waals surface area contributed by atoms with E-state index in [1.54, 1.807) is 0 Å². The summed E-state index contributed by atoms with van der Waals surface area (Å²) in [4.78, 5) is 24.0. The molecule has 1 atom stereocenters. The van der Waals surface area contributed by atoms with Crippen LogP contribution < -0.4 is 5.32 Å². The Kier molecular flexibility index (Phi) is 19.2. The Hall–Kier alpha value is -1.26. The number of amides is 1. The van der Waals surface area contributed by atoms with Crippen molar-refractivity contribution in [1.82, 2.24) is 5.32 Å². The van der Waals surface area contributed by atoms with Crippen LogP contribution in [0, 0.1) is 5.92 Å². The van der Waals surface area contributed by atoms with E-state index in [-0.39, 0.29) is 11.9 Å². The molecule has 1 N–H and O–H groups in total. The molecule has 0 aromatic rings. The first-order valence-electron chi connectivity index (χ1n) is 12.1. The largest absolute Gasteiger partial charge is 0.464 e. The van der Waals surface area contributed by atoms with Gasteiger partial charge in [0.05, 0.1) is 13.2 Å². The van der Waals surface area contributed by atoms with Crippen LogP contribution in [-0.4, -0.2) is 31.3 Å². The van der Waals surface area contributed by atoms with Gasteiger partial charge in [-0.3, -0.25) is 0 Å². The van der Waals surface area contributed by atoms with Crippen LogP contribution in [0.25, 0.3) is 0 Å². The van der Waals surface area contributed by atoms with E-state index in [1.807, 2.05) is 20.8 Å². The molecule has 0 aliphatic heterocycles. The fourth-order valence-electron chi connectivity index (χ4n) is 3.18. The molecule has 0 bridgehead atoms. The minimum absolute atomic E-state index is 0.0387. The smallest absolute Gasteiger partial charge is 0.407 e. The zero-order chi connectivity index (χ0) is 21.7. The second kappa shape index (κ2) is 20.0. The number of carbonyl (C=O) groups is 2. The fraction of sp³-hybridized carbons (Fsp3) is 0.917. The van der Waals surface area contributed by atoms with E-state index in [1.165, 1.54) is 64.2 Å². The summed E-state index contributed by atoms with van der Waals surface area (Å²) < 4.78 is 10.5. The summed E-state index contributed by atoms with van der Waals surface area (Å²) in [6.45, 7) is 8.87. The molecule has 0 rings (SSSR count). The minimum Gasteiger partial charge on any atom is -0.464 e. The molecule has 0 fully saturated rings. The molecule has 5 heteroatoms. The van der Waals surface area contributed by atoms with Gasteiger partial charge in [-0.05, 0) is 18.8 Å². The summed E-state index contributed by atoms with van der Waals surface area (Å²) in [7, 11) is 0. The molecule has 0 aromatic heterocycles. The first-order valence-corrected chi connectivity index (χ1v) is 12.1. The molecule has 0 aliphatic carbocycles. The molecule has 29 heavy (non-hydrogen) atoms. The number of carbonyl (C=O) groups excluding carboxylic acids is 2. The number of hydrogen-bond donors (Lipinski definition) is 1. The number of hydrogen-bond acceptors (Lipinski definition) is 4. The van der Waals surface area contributed by atoms with Crippen molar-refractivity contribution in [3.63, 3.8) is 0 Å². The van der Waals surface area contributed by atoms with Crippen LogP contribution in [-0.2, 0) is 14.3 Å². The topological polar surface area (TPSA) is 64.6 Å². The molecule has 5 nitrogen and oxygen atoms in total. The third kappa shape index (κ3) is 17.3. The third-order valence-electron chi connectivity index (χ3n) is 5.17. The predicted molar refractivity (Wildman–Crippen MR) is 120 cm³/mol. The van der Waals surface area contributed by atoms with Crippen LogP contribution in [0.15, 0.2) is 0 Å². The van der Waals surface area contributed by atoms with Crippen molar-refractivity contribution < 1.29 is 19.1 Å². The van der Waals surface area contributed by atoms with E-state index in [0.29, 0.717) is 13.2 Å². The molecule has 0 aromatic carbocycles. The molecule has 0 saturated heterocycles. The highest BCUT2D eigenvalue weighted by atomic mass is 16.6. The lowest BCUT2D eigenvalue weighted by Crippen LogP contribution is -2.45. The maximum absolute atomic E-state index is 12.3. The van der Waals surface area contributed by atoms with Crippen LogP contribution in [0.5, 0.6) is 0 Å². The molecule has 0 heterocycles. The highest BCUT2D eigenvalue weighted by molar-refractivity contribution is 5.81. The van der Waals surface area contributed by atoms with Gasteiger partial charge in [-0.1, -0.05) is 105 Å². The maximum Gasteiger partial charge on any atom is 0.407 e. The Bertz CT molecular complexity index is 398. The first kappa shape index (κ1) is 27.7. The number of nitrogens with one attached hydrogen (secondary N) is 1. The minimum atomic E-state index is -0.651. The van der Waals surface area contributed by atoms with Gasteiger partial charge < -0.3 is 14.8 Å². The standard InChI is InChI=1S/C24H47NO4/c1-5-7-9-10-11-12-13-14-15-16-17-18-20-28-23(26)22(21(3)4)25-24(27)29-19-8-6-2/h21-22H,5-20H2,1-4H3,(H,25,27)/t22-/m0/s1. The average molecular weight is 414 g/mol. The summed E-state index contributed by atoms with van der Waals surface area (Å²) in [6, 6.07) is -0.651. The molecule has 0 aliphatic rings. The zero-order valence-electron chi connectivity index (χ0n) is 19.6. The van der Waals surface area contributed by atoms with Crippen molar-refractivity contribution in [3.05, 3.63) is 0 Å². The molecule has 0 unspecified atom stereocenters.